The maximum atomic E-state index is 10.3. The zero-order valence-electron chi connectivity index (χ0n) is 52.7. The van der Waals surface area contributed by atoms with E-state index in [0.717, 1.165) is 51.7 Å². The minimum atomic E-state index is -0.167. The van der Waals surface area contributed by atoms with Crippen molar-refractivity contribution >= 4 is 0 Å². The third kappa shape index (κ3) is 39.2. The molecule has 6 aromatic rings. The van der Waals surface area contributed by atoms with Crippen molar-refractivity contribution in [3.63, 3.8) is 0 Å². The third-order valence-corrected chi connectivity index (χ3v) is 15.4. The Bertz CT molecular complexity index is 2200. The summed E-state index contributed by atoms with van der Waals surface area (Å²) in [5.41, 5.74) is 12.2. The van der Waals surface area contributed by atoms with Gasteiger partial charge in [0.1, 0.15) is 5.75 Å². The normalized spacial score (nSPS) is 10.6. The molecule has 0 unspecified atom stereocenters. The number of rotatable bonds is 39. The van der Waals surface area contributed by atoms with Crippen LogP contribution in [0.15, 0.2) is 146 Å². The summed E-state index contributed by atoms with van der Waals surface area (Å²) in [6, 6.07) is 57.9. The predicted molar refractivity (Wildman–Crippen MR) is 351 cm³/mol. The summed E-state index contributed by atoms with van der Waals surface area (Å²) in [7, 11) is 0. The number of phenolic OH excluding ortho intramolecular Hbond substituents is 1. The van der Waals surface area contributed by atoms with Crippen LogP contribution in [0, 0.1) is 12.1 Å². The summed E-state index contributed by atoms with van der Waals surface area (Å²) in [6.45, 7) is 10.3. The molecular formula is C78H114O3Ti. The molecule has 0 aromatic heterocycles. The van der Waals surface area contributed by atoms with Crippen LogP contribution in [0.25, 0.3) is 0 Å². The summed E-state index contributed by atoms with van der Waals surface area (Å²) < 4.78 is 8.25. The van der Waals surface area contributed by atoms with E-state index in [0.29, 0.717) is 5.75 Å². The minimum absolute atomic E-state index is 0.167. The zero-order valence-corrected chi connectivity index (χ0v) is 54.3. The first-order valence-electron chi connectivity index (χ1n) is 33.1. The molecule has 6 rings (SSSR count). The van der Waals surface area contributed by atoms with Gasteiger partial charge in [-0.15, -0.1) is 0 Å². The van der Waals surface area contributed by atoms with Gasteiger partial charge < -0.3 is 10.2 Å². The number of aliphatic hydroxyl groups is 1. The molecule has 0 heterocycles. The quantitative estimate of drug-likeness (QED) is 0.0230. The molecule has 4 heteroatoms. The van der Waals surface area contributed by atoms with Gasteiger partial charge in [0, 0.05) is 18.1 Å². The van der Waals surface area contributed by atoms with E-state index >= 15 is 0 Å². The predicted octanol–water partition coefficient (Wildman–Crippen LogP) is 22.8. The molecule has 0 atom stereocenters. The van der Waals surface area contributed by atoms with Crippen LogP contribution in [0.4, 0.5) is 0 Å². The van der Waals surface area contributed by atoms with E-state index in [1.165, 1.54) is 250 Å². The van der Waals surface area contributed by atoms with E-state index in [2.05, 4.69) is 160 Å². The van der Waals surface area contributed by atoms with Crippen molar-refractivity contribution in [2.45, 2.75) is 272 Å². The molecule has 0 saturated heterocycles. The second kappa shape index (κ2) is 53.3. The average molecular weight is 1150 g/mol. The standard InChI is InChI=1S/C25H36O.2C25H35.C3H8O.O.Ti/c1-2-3-4-5-6-7-8-9-10-14-18-23-19-15-20-25(26)24(23)21-22-16-12-11-13-17-22;2*1-2-3-4-5-6-7-8-9-10-14-19-24-20-15-16-21-25(24)22-23-17-12-11-13-18-23;1-3(2)4;;/h11-13,15-17,19-20,26H,2-10,14,18,21H2,1H3;2*11-13,15-18,20H,2-10,14,19,22H2,1H3;3-4H,1-2H3;;/q;2*-1;;;+2. The summed E-state index contributed by atoms with van der Waals surface area (Å²) in [5, 5.41) is 18.4. The molecule has 0 saturated carbocycles. The molecular weight excluding hydrogens is 1030 g/mol. The van der Waals surface area contributed by atoms with Crippen molar-refractivity contribution in [1.29, 1.82) is 0 Å². The number of aryl methyl sites for hydroxylation is 3. The van der Waals surface area contributed by atoms with Gasteiger partial charge in [0.2, 0.25) is 0 Å². The average Bonchev–Trinajstić information content (AvgIpc) is 3.52. The maximum absolute atomic E-state index is 10.3. The molecule has 0 aliphatic heterocycles. The molecule has 0 spiro atoms. The molecule has 0 amide bonds. The fourth-order valence-electron chi connectivity index (χ4n) is 10.7. The second-order valence-corrected chi connectivity index (χ2v) is 23.1. The number of aliphatic hydroxyl groups excluding tert-OH is 1. The van der Waals surface area contributed by atoms with Crippen LogP contribution in [0.3, 0.4) is 0 Å². The molecule has 0 radical (unpaired) electrons. The van der Waals surface area contributed by atoms with Gasteiger partial charge in [-0.3, -0.25) is 0 Å². The van der Waals surface area contributed by atoms with E-state index in [-0.39, 0.29) is 6.10 Å². The van der Waals surface area contributed by atoms with Crippen molar-refractivity contribution in [3.05, 3.63) is 208 Å². The van der Waals surface area contributed by atoms with Crippen molar-refractivity contribution < 1.29 is 33.9 Å². The Morgan fingerprint density at radius 2 is 0.610 bits per heavy atom. The fraction of sp³-hybridized carbons (Fsp3) is 0.538. The third-order valence-electron chi connectivity index (χ3n) is 15.4. The Morgan fingerprint density at radius 1 is 0.341 bits per heavy atom. The molecule has 0 aliphatic rings. The molecule has 448 valence electrons. The van der Waals surface area contributed by atoms with E-state index in [9.17, 15) is 5.11 Å². The Hall–Kier alpha value is -4.41. The van der Waals surface area contributed by atoms with Crippen LogP contribution in [-0.4, -0.2) is 16.3 Å². The molecule has 3 nitrogen and oxygen atoms in total. The summed E-state index contributed by atoms with van der Waals surface area (Å²) in [6.07, 6.45) is 47.8. The van der Waals surface area contributed by atoms with Crippen molar-refractivity contribution in [2.75, 3.05) is 0 Å². The van der Waals surface area contributed by atoms with Crippen molar-refractivity contribution in [1.82, 2.24) is 0 Å². The van der Waals surface area contributed by atoms with Crippen molar-refractivity contribution in [2.24, 2.45) is 0 Å². The van der Waals surface area contributed by atoms with Crippen LogP contribution < -0.4 is 0 Å². The second-order valence-electron chi connectivity index (χ2n) is 23.1. The number of hydrogen-bond donors (Lipinski definition) is 2. The molecule has 2 N–H and O–H groups in total. The Labute approximate surface area is 516 Å². The number of benzene rings is 6. The molecule has 0 fully saturated rings. The number of unbranched alkanes of at least 4 members (excludes halogenated alkanes) is 27. The zero-order chi connectivity index (χ0) is 59.2. The van der Waals surface area contributed by atoms with E-state index in [4.69, 9.17) is 8.43 Å². The van der Waals surface area contributed by atoms with Crippen LogP contribution >= 0.6 is 0 Å². The van der Waals surface area contributed by atoms with E-state index in [1.807, 2.05) is 18.2 Å². The monoisotopic (exact) mass is 1150 g/mol. The van der Waals surface area contributed by atoms with Crippen molar-refractivity contribution in [3.8, 4) is 5.75 Å². The van der Waals surface area contributed by atoms with Gasteiger partial charge in [-0.25, -0.2) is 0 Å². The first kappa shape index (κ1) is 73.7. The SMILES string of the molecule is CC(C)O.CCCCCCCCCCCCc1ccc[c-]c1Cc1ccccc1.CCCCCCCCCCCCc1ccc[c-]c1Cc1ccccc1.CCCCCCCCCCCCc1cccc(O)c1Cc1ccccc1.[O]=[Ti+2]. The fourth-order valence-corrected chi connectivity index (χ4v) is 10.7. The number of aromatic hydroxyl groups is 1. The number of phenols is 1. The molecule has 6 aromatic carbocycles. The Morgan fingerprint density at radius 3 is 0.927 bits per heavy atom. The Kier molecular flexibility index (Phi) is 47.9. The molecule has 0 aliphatic carbocycles. The molecule has 0 bridgehead atoms. The summed E-state index contributed by atoms with van der Waals surface area (Å²) >= 11 is 0.750. The van der Waals surface area contributed by atoms with Gasteiger partial charge in [0.05, 0.1) is 0 Å². The summed E-state index contributed by atoms with van der Waals surface area (Å²) in [5.74, 6) is 0.443. The molecule has 82 heavy (non-hydrogen) atoms. The van der Waals surface area contributed by atoms with Gasteiger partial charge in [0.15, 0.2) is 0 Å². The Balaban J connectivity index is 0.000000400. The first-order valence-corrected chi connectivity index (χ1v) is 33.7. The van der Waals surface area contributed by atoms with E-state index in [1.54, 1.807) is 13.8 Å². The number of hydrogen-bond acceptors (Lipinski definition) is 3. The van der Waals surface area contributed by atoms with Gasteiger partial charge in [-0.05, 0) is 67.9 Å². The van der Waals surface area contributed by atoms with E-state index < -0.39 is 0 Å². The van der Waals surface area contributed by atoms with Crippen LogP contribution in [0.1, 0.15) is 277 Å². The van der Waals surface area contributed by atoms with Gasteiger partial charge in [-0.1, -0.05) is 323 Å². The first-order chi connectivity index (χ1) is 40.3. The topological polar surface area (TPSA) is 57.5 Å². The van der Waals surface area contributed by atoms with Crippen LogP contribution in [-0.2, 0) is 62.3 Å². The van der Waals surface area contributed by atoms with Crippen LogP contribution in [0.5, 0.6) is 5.75 Å². The summed E-state index contributed by atoms with van der Waals surface area (Å²) in [4.78, 5) is 0. The van der Waals surface area contributed by atoms with Gasteiger partial charge >= 0.3 is 23.7 Å². The van der Waals surface area contributed by atoms with Gasteiger partial charge in [0.25, 0.3) is 0 Å². The van der Waals surface area contributed by atoms with Crippen LogP contribution in [0.2, 0.25) is 0 Å². The van der Waals surface area contributed by atoms with Gasteiger partial charge in [-0.2, -0.15) is 70.8 Å².